The quantitative estimate of drug-likeness (QED) is 0.0922. The van der Waals surface area contributed by atoms with Crippen LogP contribution < -0.4 is 20.5 Å². The van der Waals surface area contributed by atoms with Gasteiger partial charge in [0.1, 0.15) is 23.7 Å². The van der Waals surface area contributed by atoms with Crippen molar-refractivity contribution in [2.75, 3.05) is 13.1 Å². The fourth-order valence-electron chi connectivity index (χ4n) is 11.0. The van der Waals surface area contributed by atoms with Crippen molar-refractivity contribution in [3.8, 4) is 41.1 Å². The van der Waals surface area contributed by atoms with E-state index in [2.05, 4.69) is 47.2 Å². The summed E-state index contributed by atoms with van der Waals surface area (Å²) in [5.41, 5.74) is 13.5. The van der Waals surface area contributed by atoms with Crippen LogP contribution in [-0.2, 0) is 24.1 Å². The van der Waals surface area contributed by atoms with Crippen molar-refractivity contribution < 1.29 is 34.7 Å². The number of rotatable bonds is 10. The zero-order chi connectivity index (χ0) is 43.1. The number of nitrogens with zero attached hydrogens (tertiary/aromatic N) is 2. The number of hydrogen-bond donors (Lipinski definition) is 6. The predicted molar refractivity (Wildman–Crippen MR) is 237 cm³/mol. The Kier molecular flexibility index (Phi) is 12.1. The molecule has 0 saturated heterocycles. The zero-order valence-corrected chi connectivity index (χ0v) is 35.9. The predicted octanol–water partition coefficient (Wildman–Crippen LogP) is 6.19. The number of aryl methyl sites for hydroxylation is 1. The average Bonchev–Trinajstić information content (AvgIpc) is 4.00. The molecule has 7 aliphatic rings. The molecule has 0 amide bonds. The van der Waals surface area contributed by atoms with E-state index in [0.29, 0.717) is 37.1 Å². The second-order valence-corrected chi connectivity index (χ2v) is 18.6. The van der Waals surface area contributed by atoms with E-state index in [1.54, 1.807) is 6.07 Å². The molecule has 0 aromatic heterocycles. The molecule has 326 valence electrons. The summed E-state index contributed by atoms with van der Waals surface area (Å²) in [6.45, 7) is 5.37. The van der Waals surface area contributed by atoms with Gasteiger partial charge in [-0.2, -0.15) is 0 Å². The number of benzene rings is 2. The molecule has 2 bridgehead atoms. The summed E-state index contributed by atoms with van der Waals surface area (Å²) in [7, 11) is 0. The molecule has 11 nitrogen and oxygen atoms in total. The van der Waals surface area contributed by atoms with E-state index >= 15 is 0 Å². The molecule has 11 heteroatoms. The number of phenols is 1. The number of nitrogens with one attached hydrogen (secondary N) is 1. The number of Topliss-reactive ketones (excluding diaryl/α,β-unsaturated/α-hetero) is 1. The van der Waals surface area contributed by atoms with Gasteiger partial charge in [0, 0.05) is 55.3 Å². The van der Waals surface area contributed by atoms with Gasteiger partial charge >= 0.3 is 0 Å². The van der Waals surface area contributed by atoms with Gasteiger partial charge in [0.05, 0.1) is 42.0 Å². The summed E-state index contributed by atoms with van der Waals surface area (Å²) >= 11 is 0. The lowest BCUT2D eigenvalue weighted by molar-refractivity contribution is -0.129. The Morgan fingerprint density at radius 2 is 1.92 bits per heavy atom. The normalized spacial score (nSPS) is 28.6. The van der Waals surface area contributed by atoms with Gasteiger partial charge in [0.25, 0.3) is 0 Å². The SMILES string of the molecule is CCCCC[C@H](C(=O)CCc1cc2c(cc1O)OC#CC1(CCCC1)[C@@H]1C#C[C@H](O)c3ccc4c(c3CC3=CN=C5CN(C=C35)[C@H]1O2)CCN[C@H]4N)[C@H](O)[C@H]1C=C[C@@H](C)C[C@@H]1O. The van der Waals surface area contributed by atoms with Crippen LogP contribution in [0.4, 0.5) is 0 Å². The maximum absolute atomic E-state index is 14.1. The third kappa shape index (κ3) is 8.11. The van der Waals surface area contributed by atoms with E-state index in [9.17, 15) is 25.2 Å². The minimum absolute atomic E-state index is 0.0443. The number of allylic oxidation sites excluding steroid dienone is 2. The van der Waals surface area contributed by atoms with Gasteiger partial charge in [-0.05, 0) is 83.9 Å². The van der Waals surface area contributed by atoms with Crippen molar-refractivity contribution in [3.63, 3.8) is 0 Å². The molecule has 1 spiro atoms. The number of phenolic OH excluding ortho intramolecular Hbond substituents is 1. The second kappa shape index (κ2) is 17.7. The molecule has 1 saturated carbocycles. The van der Waals surface area contributed by atoms with E-state index in [1.165, 1.54) is 6.07 Å². The first-order valence-corrected chi connectivity index (χ1v) is 22.9. The van der Waals surface area contributed by atoms with Crippen LogP contribution in [0.15, 0.2) is 65.0 Å². The van der Waals surface area contributed by atoms with Gasteiger partial charge in [-0.25, -0.2) is 0 Å². The van der Waals surface area contributed by atoms with Gasteiger partial charge in [0.2, 0.25) is 0 Å². The summed E-state index contributed by atoms with van der Waals surface area (Å²) in [5.74, 6) is 9.39. The van der Waals surface area contributed by atoms with Crippen molar-refractivity contribution >= 4 is 11.5 Å². The van der Waals surface area contributed by atoms with Gasteiger partial charge < -0.3 is 40.5 Å². The second-order valence-electron chi connectivity index (χ2n) is 18.6. The Bertz CT molecular complexity index is 2340. The van der Waals surface area contributed by atoms with Gasteiger partial charge in [-0.3, -0.25) is 15.1 Å². The number of fused-ring (bicyclic) bond motifs is 8. The molecule has 5 aliphatic heterocycles. The largest absolute Gasteiger partial charge is 0.508 e. The van der Waals surface area contributed by atoms with Crippen molar-refractivity contribution in [1.82, 2.24) is 10.2 Å². The number of aromatic hydroxyl groups is 1. The molecule has 2 aromatic rings. The van der Waals surface area contributed by atoms with Crippen LogP contribution in [0, 0.1) is 53.0 Å². The lowest BCUT2D eigenvalue weighted by Crippen LogP contribution is -2.47. The Balaban J connectivity index is 1.06. The molecule has 1 fully saturated rings. The molecular weight excluding hydrogens is 781 g/mol. The number of carbonyl (C=O) groups excluding carboxylic acids is 1. The molecule has 62 heavy (non-hydrogen) atoms. The van der Waals surface area contributed by atoms with Crippen LogP contribution in [0.3, 0.4) is 0 Å². The summed E-state index contributed by atoms with van der Waals surface area (Å²) in [5, 5.41) is 49.3. The number of unbranched alkanes of at least 4 members (excludes halogenated alkanes) is 2. The molecule has 0 unspecified atom stereocenters. The number of carbonyl (C=O) groups is 1. The minimum Gasteiger partial charge on any atom is -0.508 e. The van der Waals surface area contributed by atoms with E-state index < -0.39 is 47.7 Å². The highest BCUT2D eigenvalue weighted by Crippen LogP contribution is 2.49. The van der Waals surface area contributed by atoms with E-state index in [-0.39, 0.29) is 42.2 Å². The van der Waals surface area contributed by atoms with E-state index in [4.69, 9.17) is 20.2 Å². The molecule has 9 rings (SSSR count). The number of hydrogen-bond acceptors (Lipinski definition) is 11. The maximum atomic E-state index is 14.1. The lowest BCUT2D eigenvalue weighted by atomic mass is 9.73. The highest BCUT2D eigenvalue weighted by molar-refractivity contribution is 6.09. The summed E-state index contributed by atoms with van der Waals surface area (Å²) in [4.78, 5) is 21.1. The molecule has 0 radical (unpaired) electrons. The fourth-order valence-corrected chi connectivity index (χ4v) is 11.0. The van der Waals surface area contributed by atoms with E-state index in [0.717, 1.165) is 97.0 Å². The monoisotopic (exact) mass is 840 g/mol. The highest BCUT2D eigenvalue weighted by atomic mass is 16.5. The van der Waals surface area contributed by atoms with Crippen LogP contribution in [0.5, 0.6) is 17.2 Å². The molecule has 2 aliphatic carbocycles. The van der Waals surface area contributed by atoms with Crippen molar-refractivity contribution in [1.29, 1.82) is 0 Å². The lowest BCUT2D eigenvalue weighted by Gasteiger charge is -2.39. The first-order valence-electron chi connectivity index (χ1n) is 22.9. The van der Waals surface area contributed by atoms with Crippen LogP contribution in [0.1, 0.15) is 118 Å². The number of aliphatic hydroxyl groups excluding tert-OH is 3. The topological polar surface area (TPSA) is 170 Å². The zero-order valence-electron chi connectivity index (χ0n) is 35.9. The van der Waals surface area contributed by atoms with Crippen LogP contribution in [-0.4, -0.2) is 68.3 Å². The molecule has 9 atom stereocenters. The third-order valence-corrected chi connectivity index (χ3v) is 14.5. The fraction of sp³-hybridized carbons (Fsp3) is 0.529. The molecule has 7 N–H and O–H groups in total. The van der Waals surface area contributed by atoms with Gasteiger partial charge in [0.15, 0.2) is 17.7 Å². The molecule has 2 aromatic carbocycles. The Hall–Kier alpha value is -4.88. The molecular formula is C51H60N4O7. The number of nitrogens with two attached hydrogens (primary N) is 1. The highest BCUT2D eigenvalue weighted by Gasteiger charge is 2.49. The van der Waals surface area contributed by atoms with Crippen molar-refractivity contribution in [2.24, 2.45) is 39.8 Å². The van der Waals surface area contributed by atoms with Crippen molar-refractivity contribution in [2.45, 2.75) is 128 Å². The first-order chi connectivity index (χ1) is 30.0. The smallest absolute Gasteiger partial charge is 0.187 e. The summed E-state index contributed by atoms with van der Waals surface area (Å²) < 4.78 is 13.2. The Labute approximate surface area is 365 Å². The van der Waals surface area contributed by atoms with Crippen LogP contribution in [0.25, 0.3) is 0 Å². The Morgan fingerprint density at radius 1 is 1.10 bits per heavy atom. The van der Waals surface area contributed by atoms with Crippen LogP contribution >= 0.6 is 0 Å². The van der Waals surface area contributed by atoms with Crippen molar-refractivity contribution in [3.05, 3.63) is 87.8 Å². The van der Waals surface area contributed by atoms with Crippen LogP contribution in [0.2, 0.25) is 0 Å². The minimum atomic E-state index is -1.07. The number of ether oxygens (including phenoxy) is 2. The Morgan fingerprint density at radius 3 is 2.73 bits per heavy atom. The summed E-state index contributed by atoms with van der Waals surface area (Å²) in [6.07, 6.45) is 16.1. The van der Waals surface area contributed by atoms with Gasteiger partial charge in [-0.1, -0.05) is 88.0 Å². The number of ketones is 1. The third-order valence-electron chi connectivity index (χ3n) is 14.5. The number of aliphatic imine (C=N–C) groups is 1. The van der Waals surface area contributed by atoms with E-state index in [1.807, 2.05) is 37.4 Å². The number of aliphatic hydroxyl groups is 3. The van der Waals surface area contributed by atoms with Gasteiger partial charge in [-0.15, -0.1) is 0 Å². The molecule has 5 heterocycles. The summed E-state index contributed by atoms with van der Waals surface area (Å²) in [6, 6.07) is 7.23. The maximum Gasteiger partial charge on any atom is 0.187 e. The standard InChI is InChI=1S/C51H60N4O7/c1-3-4-5-8-36(48(60)37-11-9-30(2)23-45(37)59)43(57)15-10-31-25-47-46(26-44(31)58)61-22-20-51(18-6-7-19-51)40-14-16-42(56)34-12-13-35-33(17-21-53-49(35)52)38(34)24-32-27-54-41-29-55(28-39(32)41)50(40)62-47/h9,11-13,25-28,30,36-37,40,42,45,48-50,53,56,58-60H,3-8,10,15,17-19,21,23-24,29,52H2,1-2H3/t30-,36-,37+,40-,42+,45+,48+,49-,50+/m1/s1. The first kappa shape index (κ1) is 42.4. The average molecular weight is 841 g/mol.